The second kappa shape index (κ2) is 6.60. The molecular weight excluding hydrogens is 314 g/mol. The number of hydrogen-bond acceptors (Lipinski definition) is 3. The summed E-state index contributed by atoms with van der Waals surface area (Å²) in [6.45, 7) is 0. The van der Waals surface area contributed by atoms with Crippen LogP contribution >= 0.6 is 0 Å². The second-order valence-electron chi connectivity index (χ2n) is 4.50. The third kappa shape index (κ3) is 3.94. The molecule has 0 bridgehead atoms. The van der Waals surface area contributed by atoms with Gasteiger partial charge in [-0.3, -0.25) is 4.99 Å². The molecule has 0 unspecified atom stereocenters. The molecule has 0 saturated carbocycles. The zero-order valence-corrected chi connectivity index (χ0v) is 11.9. The first kappa shape index (κ1) is 16.7. The molecule has 0 fully saturated rings. The normalized spacial score (nSPS) is 11.7. The zero-order valence-electron chi connectivity index (χ0n) is 11.9. The minimum absolute atomic E-state index is 0.298. The Morgan fingerprint density at radius 2 is 1.78 bits per heavy atom. The predicted octanol–water partition coefficient (Wildman–Crippen LogP) is 4.38. The Balaban J connectivity index is 2.31. The molecule has 2 aromatic rings. The van der Waals surface area contributed by atoms with Gasteiger partial charge in [0.05, 0.1) is 18.4 Å². The van der Waals surface area contributed by atoms with E-state index in [0.29, 0.717) is 11.1 Å². The van der Waals surface area contributed by atoms with Gasteiger partial charge in [-0.2, -0.15) is 13.2 Å². The van der Waals surface area contributed by atoms with Gasteiger partial charge in [-0.15, -0.1) is 0 Å². The lowest BCUT2D eigenvalue weighted by Crippen LogP contribution is -2.08. The van der Waals surface area contributed by atoms with Gasteiger partial charge in [-0.05, 0) is 29.8 Å². The summed E-state index contributed by atoms with van der Waals surface area (Å²) < 4.78 is 56.5. The van der Waals surface area contributed by atoms with E-state index in [1.54, 1.807) is 0 Å². The van der Waals surface area contributed by atoms with E-state index < -0.39 is 29.2 Å². The molecule has 0 amide bonds. The zero-order chi connectivity index (χ0) is 17.0. The standard InChI is InChI=1S/C16H11F4NO2/c1-23-15(22)11-7-5-10(6-8-11)9-21-13-4-2-3-12(17)14(13)16(18,19)20/h2-9H,1H3. The molecule has 0 aliphatic carbocycles. The average molecular weight is 325 g/mol. The summed E-state index contributed by atoms with van der Waals surface area (Å²) >= 11 is 0. The minimum atomic E-state index is -4.84. The van der Waals surface area contributed by atoms with Crippen LogP contribution in [0.2, 0.25) is 0 Å². The monoisotopic (exact) mass is 325 g/mol. The summed E-state index contributed by atoms with van der Waals surface area (Å²) in [5, 5.41) is 0. The van der Waals surface area contributed by atoms with Gasteiger partial charge in [0.25, 0.3) is 0 Å². The molecule has 0 aliphatic rings. The number of halogens is 4. The Labute approximate surface area is 129 Å². The fraction of sp³-hybridized carbons (Fsp3) is 0.125. The van der Waals surface area contributed by atoms with E-state index in [1.807, 2.05) is 0 Å². The molecule has 0 N–H and O–H groups in total. The highest BCUT2D eigenvalue weighted by atomic mass is 19.4. The first-order chi connectivity index (χ1) is 10.8. The predicted molar refractivity (Wildman–Crippen MR) is 76.4 cm³/mol. The maximum atomic E-state index is 13.4. The van der Waals surface area contributed by atoms with Gasteiger partial charge < -0.3 is 4.74 Å². The number of aliphatic imine (C=N–C) groups is 1. The molecular formula is C16H11F4NO2. The summed E-state index contributed by atoms with van der Waals surface area (Å²) in [7, 11) is 1.24. The van der Waals surface area contributed by atoms with E-state index in [0.717, 1.165) is 24.4 Å². The third-order valence-electron chi connectivity index (χ3n) is 2.96. The lowest BCUT2D eigenvalue weighted by atomic mass is 10.1. The number of rotatable bonds is 3. The van der Waals surface area contributed by atoms with E-state index in [4.69, 9.17) is 0 Å². The molecule has 3 nitrogen and oxygen atoms in total. The number of esters is 1. The molecule has 7 heteroatoms. The maximum absolute atomic E-state index is 13.4. The highest BCUT2D eigenvalue weighted by Crippen LogP contribution is 2.37. The summed E-state index contributed by atoms with van der Waals surface area (Å²) in [5.41, 5.74) is -1.18. The first-order valence-electron chi connectivity index (χ1n) is 6.41. The van der Waals surface area contributed by atoms with Crippen molar-refractivity contribution in [1.29, 1.82) is 0 Å². The van der Waals surface area contributed by atoms with Crippen molar-refractivity contribution in [3.8, 4) is 0 Å². The van der Waals surface area contributed by atoms with Crippen LogP contribution in [0.3, 0.4) is 0 Å². The lowest BCUT2D eigenvalue weighted by Gasteiger charge is -2.10. The lowest BCUT2D eigenvalue weighted by molar-refractivity contribution is -0.139. The molecule has 0 atom stereocenters. The number of hydrogen-bond donors (Lipinski definition) is 0. The number of ether oxygens (including phenoxy) is 1. The van der Waals surface area contributed by atoms with Crippen LogP contribution in [-0.4, -0.2) is 19.3 Å². The van der Waals surface area contributed by atoms with Gasteiger partial charge >= 0.3 is 12.1 Å². The number of carbonyl (C=O) groups is 1. The fourth-order valence-corrected chi connectivity index (χ4v) is 1.87. The molecule has 0 radical (unpaired) electrons. The first-order valence-corrected chi connectivity index (χ1v) is 6.41. The van der Waals surface area contributed by atoms with E-state index in [-0.39, 0.29) is 0 Å². The van der Waals surface area contributed by atoms with Crippen LogP contribution in [0.25, 0.3) is 0 Å². The van der Waals surface area contributed by atoms with Gasteiger partial charge in [0, 0.05) is 6.21 Å². The third-order valence-corrected chi connectivity index (χ3v) is 2.96. The SMILES string of the molecule is COC(=O)c1ccc(C=Nc2cccc(F)c2C(F)(F)F)cc1. The van der Waals surface area contributed by atoms with Crippen LogP contribution in [0.15, 0.2) is 47.5 Å². The Morgan fingerprint density at radius 1 is 1.13 bits per heavy atom. The highest BCUT2D eigenvalue weighted by Gasteiger charge is 2.36. The molecule has 23 heavy (non-hydrogen) atoms. The average Bonchev–Trinajstić information content (AvgIpc) is 2.51. The smallest absolute Gasteiger partial charge is 0.421 e. The van der Waals surface area contributed by atoms with Gasteiger partial charge in [0.2, 0.25) is 0 Å². The minimum Gasteiger partial charge on any atom is -0.465 e. The molecule has 0 saturated heterocycles. The van der Waals surface area contributed by atoms with E-state index in [2.05, 4.69) is 9.73 Å². The van der Waals surface area contributed by atoms with Crippen molar-refractivity contribution in [2.75, 3.05) is 7.11 Å². The number of benzene rings is 2. The molecule has 0 spiro atoms. The summed E-state index contributed by atoms with van der Waals surface area (Å²) in [4.78, 5) is 15.0. The van der Waals surface area contributed by atoms with Crippen LogP contribution in [0.5, 0.6) is 0 Å². The molecule has 2 rings (SSSR count). The van der Waals surface area contributed by atoms with Crippen LogP contribution in [0.1, 0.15) is 21.5 Å². The van der Waals surface area contributed by atoms with Crippen molar-refractivity contribution in [2.45, 2.75) is 6.18 Å². The molecule has 0 aliphatic heterocycles. The van der Waals surface area contributed by atoms with Crippen molar-refractivity contribution >= 4 is 17.9 Å². The van der Waals surface area contributed by atoms with Crippen molar-refractivity contribution < 1.29 is 27.1 Å². The van der Waals surface area contributed by atoms with Crippen LogP contribution in [0, 0.1) is 5.82 Å². The summed E-state index contributed by atoms with van der Waals surface area (Å²) in [6.07, 6.45) is -3.68. The van der Waals surface area contributed by atoms with Gasteiger partial charge in [-0.25, -0.2) is 9.18 Å². The van der Waals surface area contributed by atoms with E-state index in [1.165, 1.54) is 31.4 Å². The van der Waals surface area contributed by atoms with Gasteiger partial charge in [0.1, 0.15) is 11.4 Å². The summed E-state index contributed by atoms with van der Waals surface area (Å²) in [5.74, 6) is -1.91. The van der Waals surface area contributed by atoms with Crippen molar-refractivity contribution in [3.05, 3.63) is 65.0 Å². The van der Waals surface area contributed by atoms with Gasteiger partial charge in [0.15, 0.2) is 0 Å². The largest absolute Gasteiger partial charge is 0.465 e. The molecule has 2 aromatic carbocycles. The highest BCUT2D eigenvalue weighted by molar-refractivity contribution is 5.91. The fourth-order valence-electron chi connectivity index (χ4n) is 1.87. The maximum Gasteiger partial charge on any atom is 0.421 e. The Bertz CT molecular complexity index is 737. The number of nitrogens with zero attached hydrogens (tertiary/aromatic N) is 1. The van der Waals surface area contributed by atoms with E-state index in [9.17, 15) is 22.4 Å². The molecule has 0 heterocycles. The quantitative estimate of drug-likeness (QED) is 0.477. The van der Waals surface area contributed by atoms with Crippen LogP contribution in [-0.2, 0) is 10.9 Å². The van der Waals surface area contributed by atoms with Crippen molar-refractivity contribution in [1.82, 2.24) is 0 Å². The van der Waals surface area contributed by atoms with Crippen LogP contribution < -0.4 is 0 Å². The topological polar surface area (TPSA) is 38.7 Å². The molecule has 0 aromatic heterocycles. The molecule has 120 valence electrons. The van der Waals surface area contributed by atoms with Crippen molar-refractivity contribution in [3.63, 3.8) is 0 Å². The number of carbonyl (C=O) groups excluding carboxylic acids is 1. The summed E-state index contributed by atoms with van der Waals surface area (Å²) in [6, 6.07) is 8.83. The van der Waals surface area contributed by atoms with Gasteiger partial charge in [-0.1, -0.05) is 18.2 Å². The Morgan fingerprint density at radius 3 is 2.35 bits per heavy atom. The Hall–Kier alpha value is -2.70. The number of alkyl halides is 3. The Kier molecular flexibility index (Phi) is 4.78. The number of methoxy groups -OCH3 is 1. The second-order valence-corrected chi connectivity index (χ2v) is 4.50. The van der Waals surface area contributed by atoms with Crippen LogP contribution in [0.4, 0.5) is 23.2 Å². The van der Waals surface area contributed by atoms with Crippen molar-refractivity contribution in [2.24, 2.45) is 4.99 Å². The van der Waals surface area contributed by atoms with E-state index >= 15 is 0 Å².